The largest absolute Gasteiger partial charge is 0.392 e. The van der Waals surface area contributed by atoms with Crippen molar-refractivity contribution in [2.24, 2.45) is 5.92 Å². The first-order valence-electron chi connectivity index (χ1n) is 5.60. The van der Waals surface area contributed by atoms with E-state index in [0.29, 0.717) is 17.9 Å². The van der Waals surface area contributed by atoms with Crippen molar-refractivity contribution >= 4 is 21.4 Å². The molecule has 5 heteroatoms. The molecule has 1 aliphatic heterocycles. The van der Waals surface area contributed by atoms with Gasteiger partial charge in [0.05, 0.1) is 17.6 Å². The third-order valence-corrected chi connectivity index (χ3v) is 5.36. The third-order valence-electron chi connectivity index (χ3n) is 3.20. The Balaban J connectivity index is 2.03. The molecular weight excluding hydrogens is 260 g/mol. The van der Waals surface area contributed by atoms with E-state index in [2.05, 4.69) is 0 Å². The van der Waals surface area contributed by atoms with Gasteiger partial charge in [-0.25, -0.2) is 8.42 Å². The van der Waals surface area contributed by atoms with Crippen molar-refractivity contribution in [1.29, 1.82) is 0 Å². The van der Waals surface area contributed by atoms with E-state index < -0.39 is 15.9 Å². The standard InChI is InChI=1S/C12H15ClO3S/c13-11-4-2-1-3-9(11)7-12(14)10-5-6-17(15,16)8-10/h1-4,10,12,14H,5-8H2. The molecule has 94 valence electrons. The van der Waals surface area contributed by atoms with E-state index in [1.165, 1.54) is 0 Å². The molecule has 0 aromatic heterocycles. The molecule has 0 radical (unpaired) electrons. The van der Waals surface area contributed by atoms with Gasteiger partial charge in [0.15, 0.2) is 9.84 Å². The topological polar surface area (TPSA) is 54.4 Å². The van der Waals surface area contributed by atoms with Gasteiger partial charge < -0.3 is 5.11 Å². The van der Waals surface area contributed by atoms with Gasteiger partial charge in [0.25, 0.3) is 0 Å². The van der Waals surface area contributed by atoms with Crippen LogP contribution in [-0.2, 0) is 16.3 Å². The Morgan fingerprint density at radius 2 is 2.12 bits per heavy atom. The molecule has 1 heterocycles. The van der Waals surface area contributed by atoms with Crippen LogP contribution >= 0.6 is 11.6 Å². The van der Waals surface area contributed by atoms with Gasteiger partial charge in [-0.2, -0.15) is 0 Å². The summed E-state index contributed by atoms with van der Waals surface area (Å²) in [6, 6.07) is 7.32. The lowest BCUT2D eigenvalue weighted by Crippen LogP contribution is -2.24. The van der Waals surface area contributed by atoms with Crippen molar-refractivity contribution < 1.29 is 13.5 Å². The molecule has 1 N–H and O–H groups in total. The fourth-order valence-corrected chi connectivity index (χ4v) is 4.27. The molecule has 1 fully saturated rings. The maximum atomic E-state index is 11.3. The second-order valence-electron chi connectivity index (χ2n) is 4.53. The summed E-state index contributed by atoms with van der Waals surface area (Å²) in [5.41, 5.74) is 0.867. The molecule has 0 spiro atoms. The van der Waals surface area contributed by atoms with Crippen molar-refractivity contribution in [2.75, 3.05) is 11.5 Å². The number of sulfone groups is 1. The Hall–Kier alpha value is -0.580. The number of rotatable bonds is 3. The average molecular weight is 275 g/mol. The van der Waals surface area contributed by atoms with Crippen molar-refractivity contribution in [3.05, 3.63) is 34.9 Å². The Morgan fingerprint density at radius 1 is 1.41 bits per heavy atom. The first-order chi connectivity index (χ1) is 7.98. The summed E-state index contributed by atoms with van der Waals surface area (Å²) in [5.74, 6) is 0.131. The van der Waals surface area contributed by atoms with Gasteiger partial charge in [0, 0.05) is 17.4 Å². The van der Waals surface area contributed by atoms with Gasteiger partial charge in [-0.1, -0.05) is 29.8 Å². The van der Waals surface area contributed by atoms with Crippen LogP contribution in [-0.4, -0.2) is 31.1 Å². The predicted octanol–water partition coefficient (Wildman–Crippen LogP) is 1.68. The second-order valence-corrected chi connectivity index (χ2v) is 7.16. The maximum absolute atomic E-state index is 11.3. The van der Waals surface area contributed by atoms with Crippen LogP contribution in [0.2, 0.25) is 5.02 Å². The third kappa shape index (κ3) is 3.21. The molecule has 0 bridgehead atoms. The van der Waals surface area contributed by atoms with Crippen LogP contribution in [0.15, 0.2) is 24.3 Å². The van der Waals surface area contributed by atoms with E-state index in [9.17, 15) is 13.5 Å². The zero-order valence-corrected chi connectivity index (χ0v) is 10.9. The first kappa shape index (κ1) is 12.9. The van der Waals surface area contributed by atoms with Gasteiger partial charge in [0.1, 0.15) is 0 Å². The lowest BCUT2D eigenvalue weighted by molar-refractivity contribution is 0.120. The monoisotopic (exact) mass is 274 g/mol. The molecule has 1 aliphatic rings. The molecule has 2 rings (SSSR count). The summed E-state index contributed by atoms with van der Waals surface area (Å²) in [4.78, 5) is 0. The summed E-state index contributed by atoms with van der Waals surface area (Å²) < 4.78 is 22.7. The molecule has 2 unspecified atom stereocenters. The van der Waals surface area contributed by atoms with Gasteiger partial charge >= 0.3 is 0 Å². The molecule has 0 amide bonds. The fourth-order valence-electron chi connectivity index (χ4n) is 2.18. The van der Waals surface area contributed by atoms with Crippen molar-refractivity contribution in [1.82, 2.24) is 0 Å². The average Bonchev–Trinajstić information content (AvgIpc) is 2.62. The minimum atomic E-state index is -2.94. The summed E-state index contributed by atoms with van der Waals surface area (Å²) >= 11 is 6.00. The van der Waals surface area contributed by atoms with E-state index in [4.69, 9.17) is 11.6 Å². The zero-order chi connectivity index (χ0) is 12.5. The van der Waals surface area contributed by atoms with Crippen molar-refractivity contribution in [3.63, 3.8) is 0 Å². The normalized spacial score (nSPS) is 24.7. The SMILES string of the molecule is O=S1(=O)CCC(C(O)Cc2ccccc2Cl)C1. The molecule has 1 aromatic carbocycles. The van der Waals surface area contributed by atoms with Crippen molar-refractivity contribution in [3.8, 4) is 0 Å². The molecule has 0 saturated carbocycles. The predicted molar refractivity (Wildman–Crippen MR) is 67.9 cm³/mol. The van der Waals surface area contributed by atoms with Crippen LogP contribution in [0.1, 0.15) is 12.0 Å². The smallest absolute Gasteiger partial charge is 0.150 e. The molecule has 3 nitrogen and oxygen atoms in total. The highest BCUT2D eigenvalue weighted by Crippen LogP contribution is 2.25. The van der Waals surface area contributed by atoms with Crippen LogP contribution in [0.4, 0.5) is 0 Å². The van der Waals surface area contributed by atoms with Gasteiger partial charge in [-0.15, -0.1) is 0 Å². The lowest BCUT2D eigenvalue weighted by atomic mass is 9.96. The Morgan fingerprint density at radius 3 is 2.71 bits per heavy atom. The molecule has 1 aromatic rings. The van der Waals surface area contributed by atoms with Crippen LogP contribution in [0, 0.1) is 5.92 Å². The van der Waals surface area contributed by atoms with Gasteiger partial charge in [-0.3, -0.25) is 0 Å². The van der Waals surface area contributed by atoms with Crippen molar-refractivity contribution in [2.45, 2.75) is 18.9 Å². The highest BCUT2D eigenvalue weighted by molar-refractivity contribution is 7.91. The van der Waals surface area contributed by atoms with E-state index in [0.717, 1.165) is 5.56 Å². The molecular formula is C12H15ClO3S. The van der Waals surface area contributed by atoms with Crippen LogP contribution < -0.4 is 0 Å². The van der Waals surface area contributed by atoms with E-state index in [-0.39, 0.29) is 17.4 Å². The maximum Gasteiger partial charge on any atom is 0.150 e. The highest BCUT2D eigenvalue weighted by atomic mass is 35.5. The first-order valence-corrected chi connectivity index (χ1v) is 7.80. The number of hydrogen-bond donors (Lipinski definition) is 1. The summed E-state index contributed by atoms with van der Waals surface area (Å²) in [7, 11) is -2.94. The summed E-state index contributed by atoms with van der Waals surface area (Å²) in [6.45, 7) is 0. The Kier molecular flexibility index (Phi) is 3.76. The number of hydrogen-bond acceptors (Lipinski definition) is 3. The number of aliphatic hydroxyl groups is 1. The molecule has 1 saturated heterocycles. The van der Waals surface area contributed by atoms with Crippen LogP contribution in [0.25, 0.3) is 0 Å². The van der Waals surface area contributed by atoms with Gasteiger partial charge in [0.2, 0.25) is 0 Å². The minimum absolute atomic E-state index is 0.0959. The molecule has 17 heavy (non-hydrogen) atoms. The highest BCUT2D eigenvalue weighted by Gasteiger charge is 2.32. The Labute approximate surface area is 106 Å². The molecule has 2 atom stereocenters. The van der Waals surface area contributed by atoms with Crippen LogP contribution in [0.5, 0.6) is 0 Å². The number of benzene rings is 1. The Bertz CT molecular complexity index is 498. The quantitative estimate of drug-likeness (QED) is 0.912. The summed E-state index contributed by atoms with van der Waals surface area (Å²) in [5, 5.41) is 10.7. The second kappa shape index (κ2) is 4.96. The van der Waals surface area contributed by atoms with E-state index in [1.54, 1.807) is 6.07 Å². The van der Waals surface area contributed by atoms with E-state index in [1.807, 2.05) is 18.2 Å². The fraction of sp³-hybridized carbons (Fsp3) is 0.500. The van der Waals surface area contributed by atoms with Gasteiger partial charge in [-0.05, 0) is 18.1 Å². The number of aliphatic hydroxyl groups excluding tert-OH is 1. The summed E-state index contributed by atoms with van der Waals surface area (Å²) in [6.07, 6.45) is 0.334. The zero-order valence-electron chi connectivity index (χ0n) is 9.34. The van der Waals surface area contributed by atoms with E-state index >= 15 is 0 Å². The number of halogens is 1. The minimum Gasteiger partial charge on any atom is -0.392 e. The lowest BCUT2D eigenvalue weighted by Gasteiger charge is -2.17. The van der Waals surface area contributed by atoms with Crippen LogP contribution in [0.3, 0.4) is 0 Å². The molecule has 0 aliphatic carbocycles.